The SMILES string of the molecule is O=c1c2sc3c(=O)n4c(cc5scc(Br)c54)c4ccc(c2c34)c2cc3scc(Br)c3n12.O=c1c2sc3c(=O)n4c5ccsc5cc4c4ccc(c2c34)c2cc3sccc3n12. The summed E-state index contributed by atoms with van der Waals surface area (Å²) in [6.45, 7) is 0. The maximum absolute atomic E-state index is 13.7. The molecule has 2 aromatic carbocycles. The minimum atomic E-state index is -0.0590. The number of halogens is 2. The molecule has 0 saturated heterocycles. The number of hydrogen-bond donors (Lipinski definition) is 0. The Balaban J connectivity index is 0.000000114. The second-order valence-corrected chi connectivity index (χ2v) is 22.4. The van der Waals surface area contributed by atoms with Gasteiger partial charge in [-0.15, -0.1) is 68.0 Å². The van der Waals surface area contributed by atoms with Crippen LogP contribution in [0.5, 0.6) is 0 Å². The Morgan fingerprint density at radius 2 is 0.717 bits per heavy atom. The van der Waals surface area contributed by atoms with Crippen molar-refractivity contribution in [3.63, 3.8) is 0 Å². The number of aromatic nitrogens is 4. The summed E-state index contributed by atoms with van der Waals surface area (Å²) in [5, 5.41) is 15.9. The van der Waals surface area contributed by atoms with Crippen molar-refractivity contribution >= 4 is 225 Å². The third-order valence-electron chi connectivity index (χ3n) is 12.2. The van der Waals surface area contributed by atoms with Crippen LogP contribution in [0.2, 0.25) is 0 Å². The fourth-order valence-electron chi connectivity index (χ4n) is 9.87. The first kappa shape index (κ1) is 33.7. The zero-order valence-corrected chi connectivity index (χ0v) is 37.8. The Hall–Kier alpha value is -5.04. The van der Waals surface area contributed by atoms with Gasteiger partial charge in [-0.3, -0.25) is 36.8 Å². The van der Waals surface area contributed by atoms with Crippen molar-refractivity contribution < 1.29 is 0 Å². The van der Waals surface area contributed by atoms with E-state index in [4.69, 9.17) is 0 Å². The molecule has 0 fully saturated rings. The molecule has 0 N–H and O–H groups in total. The Morgan fingerprint density at radius 3 is 1.10 bits per heavy atom. The summed E-state index contributed by atoms with van der Waals surface area (Å²) in [5.41, 5.74) is 7.16. The van der Waals surface area contributed by atoms with E-state index in [1.54, 1.807) is 54.1 Å². The highest BCUT2D eigenvalue weighted by Crippen LogP contribution is 2.46. The van der Waals surface area contributed by atoms with Crippen LogP contribution in [-0.2, 0) is 0 Å². The lowest BCUT2D eigenvalue weighted by molar-refractivity contribution is 1.21. The van der Waals surface area contributed by atoms with Crippen LogP contribution in [0.25, 0.3) is 125 Å². The number of nitrogens with zero attached hydrogens (tertiary/aromatic N) is 4. The topological polar surface area (TPSA) is 85.9 Å². The molecule has 16 aromatic rings. The molecule has 0 aliphatic carbocycles. The first-order chi connectivity index (χ1) is 29.3. The largest absolute Gasteiger partial charge is 0.274 e. The summed E-state index contributed by atoms with van der Waals surface area (Å²) in [7, 11) is 0. The Labute approximate surface area is 371 Å². The number of fused-ring (bicyclic) bond motifs is 16. The Morgan fingerprint density at radius 1 is 0.383 bits per heavy atom. The predicted octanol–water partition coefficient (Wildman–Crippen LogP) is 13.0. The highest BCUT2D eigenvalue weighted by molar-refractivity contribution is 9.11. The maximum Gasteiger partial charge on any atom is 0.273 e. The summed E-state index contributed by atoms with van der Waals surface area (Å²) >= 11 is 16.4. The molecule has 16 rings (SSSR count). The number of thiophene rings is 6. The van der Waals surface area contributed by atoms with E-state index in [9.17, 15) is 19.2 Å². The number of hydrogen-bond acceptors (Lipinski definition) is 10. The molecule has 8 nitrogen and oxygen atoms in total. The lowest BCUT2D eigenvalue weighted by Crippen LogP contribution is -2.11. The average Bonchev–Trinajstić information content (AvgIpc) is 4.08. The molecule has 0 aliphatic rings. The molecule has 0 unspecified atom stereocenters. The highest BCUT2D eigenvalue weighted by atomic mass is 79.9. The van der Waals surface area contributed by atoms with Crippen LogP contribution in [0.3, 0.4) is 0 Å². The predicted molar refractivity (Wildman–Crippen MR) is 264 cm³/mol. The zero-order valence-electron chi connectivity index (χ0n) is 29.7. The summed E-state index contributed by atoms with van der Waals surface area (Å²) in [5.74, 6) is 0. The second-order valence-electron chi connectivity index (χ2n) is 15.0. The van der Waals surface area contributed by atoms with Crippen molar-refractivity contribution in [3.05, 3.63) is 133 Å². The summed E-state index contributed by atoms with van der Waals surface area (Å²) in [4.78, 5) is 54.3. The fourth-order valence-corrected chi connectivity index (χ4v) is 17.1. The van der Waals surface area contributed by atoms with Crippen LogP contribution < -0.4 is 22.2 Å². The highest BCUT2D eigenvalue weighted by Gasteiger charge is 2.27. The summed E-state index contributed by atoms with van der Waals surface area (Å²) in [6, 6.07) is 20.8. The molecule has 284 valence electrons. The second kappa shape index (κ2) is 11.1. The van der Waals surface area contributed by atoms with Gasteiger partial charge >= 0.3 is 0 Å². The van der Waals surface area contributed by atoms with Gasteiger partial charge in [0.15, 0.2) is 0 Å². The quantitative estimate of drug-likeness (QED) is 0.142. The molecule has 60 heavy (non-hydrogen) atoms. The van der Waals surface area contributed by atoms with Gasteiger partial charge in [0.1, 0.15) is 18.8 Å². The number of rotatable bonds is 0. The Bertz CT molecular complexity index is 4560. The lowest BCUT2D eigenvalue weighted by atomic mass is 10.0. The van der Waals surface area contributed by atoms with E-state index >= 15 is 0 Å². The van der Waals surface area contributed by atoms with Gasteiger partial charge in [-0.25, -0.2) is 0 Å². The van der Waals surface area contributed by atoms with Gasteiger partial charge in [0.25, 0.3) is 22.2 Å². The van der Waals surface area contributed by atoms with Gasteiger partial charge < -0.3 is 0 Å². The molecule has 0 atom stereocenters. The first-order valence-corrected chi connectivity index (χ1v) is 25.1. The molecule has 0 saturated carbocycles. The van der Waals surface area contributed by atoms with Crippen LogP contribution >= 0.6 is 99.9 Å². The molecule has 0 aliphatic heterocycles. The van der Waals surface area contributed by atoms with Gasteiger partial charge in [-0.1, -0.05) is 24.3 Å². The molecular weight excluding hydrogens is 1000 g/mol. The standard InChI is InChI=1S/C22H6Br2N2O2S3.C22H8N2O2S3/c23-9-5-29-13-3-11-7-1-2-8-12-4-14-18(10(24)6-30-14)26(12)22(28)20-16(8)15(7)19(31-20)21(27)25(11)17(9)13;25-21-19-17-9(13-7-15-11(23(13)21)3-5-27-15)1-2-10-14-8-16-12(4-6-28-16)24(14)22(26)20(29-19)18(10)17/h1-6H;1-8H. The minimum absolute atomic E-state index is 0.0284. The van der Waals surface area contributed by atoms with Crippen molar-refractivity contribution in [3.8, 4) is 0 Å². The van der Waals surface area contributed by atoms with Crippen LogP contribution in [0.15, 0.2) is 110 Å². The van der Waals surface area contributed by atoms with Gasteiger partial charge in [-0.05, 0) is 79.0 Å². The van der Waals surface area contributed by atoms with E-state index in [-0.39, 0.29) is 22.2 Å². The van der Waals surface area contributed by atoms with Crippen molar-refractivity contribution in [2.75, 3.05) is 0 Å². The summed E-state index contributed by atoms with van der Waals surface area (Å²) in [6.07, 6.45) is 0. The monoisotopic (exact) mass is 1010 g/mol. The van der Waals surface area contributed by atoms with E-state index in [0.29, 0.717) is 18.8 Å². The van der Waals surface area contributed by atoms with Crippen LogP contribution in [-0.4, -0.2) is 17.6 Å². The third-order valence-corrected chi connectivity index (χ3v) is 19.9. The smallest absolute Gasteiger partial charge is 0.273 e. The van der Waals surface area contributed by atoms with E-state index in [1.165, 1.54) is 22.7 Å². The van der Waals surface area contributed by atoms with Crippen LogP contribution in [0.1, 0.15) is 0 Å². The van der Waals surface area contributed by atoms with Gasteiger partial charge in [0.05, 0.1) is 71.9 Å². The first-order valence-electron chi connectivity index (χ1n) is 18.4. The molecule has 14 heterocycles. The third kappa shape index (κ3) is 3.76. The minimum Gasteiger partial charge on any atom is -0.274 e. The van der Waals surface area contributed by atoms with Gasteiger partial charge in [0, 0.05) is 53.8 Å². The molecule has 16 heteroatoms. The molecule has 14 aromatic heterocycles. The van der Waals surface area contributed by atoms with Crippen LogP contribution in [0.4, 0.5) is 0 Å². The van der Waals surface area contributed by atoms with Gasteiger partial charge in [0.2, 0.25) is 0 Å². The average molecular weight is 1010 g/mol. The molecule has 0 amide bonds. The fraction of sp³-hybridized carbons (Fsp3) is 0. The zero-order chi connectivity index (χ0) is 39.8. The molecular formula is C44H14Br2N4O4S6. The van der Waals surface area contributed by atoms with Crippen molar-refractivity contribution in [1.82, 2.24) is 17.6 Å². The number of benzene rings is 2. The number of pyridine rings is 4. The van der Waals surface area contributed by atoms with Crippen LogP contribution in [0, 0.1) is 0 Å². The summed E-state index contributed by atoms with van der Waals surface area (Å²) < 4.78 is 16.0. The molecule has 0 bridgehead atoms. The van der Waals surface area contributed by atoms with E-state index in [2.05, 4.69) is 80.4 Å². The lowest BCUT2D eigenvalue weighted by Gasteiger charge is -2.07. The van der Waals surface area contributed by atoms with Crippen molar-refractivity contribution in [2.24, 2.45) is 0 Å². The molecule has 0 radical (unpaired) electrons. The van der Waals surface area contributed by atoms with Crippen molar-refractivity contribution in [2.45, 2.75) is 0 Å². The van der Waals surface area contributed by atoms with E-state index in [1.807, 2.05) is 42.5 Å². The van der Waals surface area contributed by atoms with Gasteiger partial charge in [-0.2, -0.15) is 0 Å². The Kier molecular flexibility index (Phi) is 6.20. The molecule has 0 spiro atoms. The van der Waals surface area contributed by atoms with E-state index in [0.717, 1.165) is 115 Å². The normalized spacial score (nSPS) is 13.1. The van der Waals surface area contributed by atoms with E-state index < -0.39 is 0 Å². The van der Waals surface area contributed by atoms with Crippen molar-refractivity contribution in [1.29, 1.82) is 0 Å². The maximum atomic E-state index is 13.7.